The molecule has 0 amide bonds. The highest BCUT2D eigenvalue weighted by molar-refractivity contribution is 4.87. The molecule has 0 spiro atoms. The van der Waals surface area contributed by atoms with Crippen LogP contribution in [0.25, 0.3) is 0 Å². The van der Waals surface area contributed by atoms with Crippen LogP contribution >= 0.6 is 0 Å². The van der Waals surface area contributed by atoms with Crippen LogP contribution in [-0.2, 0) is 4.74 Å². The minimum absolute atomic E-state index is 0.458. The number of nitrogens with zero attached hydrogens (tertiary/aromatic N) is 2. The molecular weight excluding hydrogens is 170 g/mol. The van der Waals surface area contributed by atoms with E-state index >= 15 is 0 Å². The fraction of sp³-hybridized carbons (Fsp3) is 0.750. The number of ether oxygens (including phenoxy) is 1. The molecule has 5 heteroatoms. The molecule has 1 aliphatic heterocycles. The van der Waals surface area contributed by atoms with Gasteiger partial charge in [-0.25, -0.2) is 4.98 Å². The SMILES string of the molecule is OC(CC1CCOC1)c1ncn[nH]1. The van der Waals surface area contributed by atoms with Gasteiger partial charge < -0.3 is 9.84 Å². The first kappa shape index (κ1) is 8.65. The maximum atomic E-state index is 9.68. The molecule has 2 atom stereocenters. The summed E-state index contributed by atoms with van der Waals surface area (Å²) in [5.41, 5.74) is 0. The highest BCUT2D eigenvalue weighted by Gasteiger charge is 2.21. The molecule has 72 valence electrons. The van der Waals surface area contributed by atoms with Gasteiger partial charge in [0.05, 0.1) is 0 Å². The molecule has 2 rings (SSSR count). The predicted octanol–water partition coefficient (Wildman–Crippen LogP) is 0.265. The Morgan fingerprint density at radius 2 is 2.69 bits per heavy atom. The van der Waals surface area contributed by atoms with Crippen molar-refractivity contribution in [3.8, 4) is 0 Å². The van der Waals surface area contributed by atoms with E-state index in [9.17, 15) is 5.11 Å². The van der Waals surface area contributed by atoms with Gasteiger partial charge in [-0.1, -0.05) is 0 Å². The van der Waals surface area contributed by atoms with Gasteiger partial charge in [-0.05, 0) is 18.8 Å². The van der Waals surface area contributed by atoms with E-state index in [-0.39, 0.29) is 0 Å². The van der Waals surface area contributed by atoms with E-state index in [2.05, 4.69) is 15.2 Å². The van der Waals surface area contributed by atoms with Gasteiger partial charge in [0.1, 0.15) is 12.4 Å². The molecule has 2 unspecified atom stereocenters. The van der Waals surface area contributed by atoms with Crippen molar-refractivity contribution < 1.29 is 9.84 Å². The summed E-state index contributed by atoms with van der Waals surface area (Å²) in [6, 6.07) is 0. The van der Waals surface area contributed by atoms with Gasteiger partial charge in [0, 0.05) is 13.2 Å². The number of aliphatic hydroxyl groups is 1. The highest BCUT2D eigenvalue weighted by atomic mass is 16.5. The number of aromatic amines is 1. The fourth-order valence-electron chi connectivity index (χ4n) is 1.57. The largest absolute Gasteiger partial charge is 0.385 e. The zero-order chi connectivity index (χ0) is 9.10. The lowest BCUT2D eigenvalue weighted by molar-refractivity contribution is 0.123. The average Bonchev–Trinajstić information content (AvgIpc) is 2.74. The first-order chi connectivity index (χ1) is 6.36. The molecule has 2 N–H and O–H groups in total. The summed E-state index contributed by atoms with van der Waals surface area (Å²) in [6.45, 7) is 1.57. The fourth-order valence-corrected chi connectivity index (χ4v) is 1.57. The average molecular weight is 183 g/mol. The second kappa shape index (κ2) is 3.85. The lowest BCUT2D eigenvalue weighted by atomic mass is 10.0. The van der Waals surface area contributed by atoms with Crippen LogP contribution in [0, 0.1) is 5.92 Å². The lowest BCUT2D eigenvalue weighted by Crippen LogP contribution is -2.08. The number of hydrogen-bond donors (Lipinski definition) is 2. The quantitative estimate of drug-likeness (QED) is 0.705. The van der Waals surface area contributed by atoms with Gasteiger partial charge in [-0.3, -0.25) is 5.10 Å². The molecule has 0 saturated carbocycles. The van der Waals surface area contributed by atoms with E-state index in [0.717, 1.165) is 19.6 Å². The van der Waals surface area contributed by atoms with Crippen LogP contribution in [0.1, 0.15) is 24.8 Å². The van der Waals surface area contributed by atoms with Gasteiger partial charge in [0.25, 0.3) is 0 Å². The molecular formula is C8H13N3O2. The van der Waals surface area contributed by atoms with Gasteiger partial charge in [-0.2, -0.15) is 5.10 Å². The van der Waals surface area contributed by atoms with Crippen LogP contribution in [0.2, 0.25) is 0 Å². The Hall–Kier alpha value is -0.940. The van der Waals surface area contributed by atoms with E-state index in [4.69, 9.17) is 4.74 Å². The van der Waals surface area contributed by atoms with Crippen molar-refractivity contribution in [2.45, 2.75) is 18.9 Å². The van der Waals surface area contributed by atoms with E-state index in [1.165, 1.54) is 6.33 Å². The van der Waals surface area contributed by atoms with E-state index < -0.39 is 6.10 Å². The molecule has 0 radical (unpaired) electrons. The molecule has 1 aliphatic rings. The molecule has 1 aromatic rings. The monoisotopic (exact) mass is 183 g/mol. The minimum Gasteiger partial charge on any atom is -0.385 e. The van der Waals surface area contributed by atoms with Crippen molar-refractivity contribution in [2.75, 3.05) is 13.2 Å². The molecule has 1 aromatic heterocycles. The summed E-state index contributed by atoms with van der Waals surface area (Å²) in [5, 5.41) is 16.0. The van der Waals surface area contributed by atoms with Crippen molar-refractivity contribution in [1.82, 2.24) is 15.2 Å². The van der Waals surface area contributed by atoms with Crippen molar-refractivity contribution in [1.29, 1.82) is 0 Å². The third kappa shape index (κ3) is 2.05. The summed E-state index contributed by atoms with van der Waals surface area (Å²) in [4.78, 5) is 3.90. The summed E-state index contributed by atoms with van der Waals surface area (Å²) in [6.07, 6.45) is 2.61. The highest BCUT2D eigenvalue weighted by Crippen LogP contribution is 2.23. The number of aliphatic hydroxyl groups excluding tert-OH is 1. The van der Waals surface area contributed by atoms with E-state index in [1.54, 1.807) is 0 Å². The maximum Gasteiger partial charge on any atom is 0.153 e. The van der Waals surface area contributed by atoms with E-state index in [1.807, 2.05) is 0 Å². The van der Waals surface area contributed by atoms with Crippen LogP contribution in [0.15, 0.2) is 6.33 Å². The Morgan fingerprint density at radius 3 is 3.31 bits per heavy atom. The third-order valence-electron chi connectivity index (χ3n) is 2.33. The van der Waals surface area contributed by atoms with Crippen molar-refractivity contribution in [3.05, 3.63) is 12.2 Å². The summed E-state index contributed by atoms with van der Waals surface area (Å²) >= 11 is 0. The Kier molecular flexibility index (Phi) is 2.56. The number of rotatable bonds is 3. The smallest absolute Gasteiger partial charge is 0.153 e. The Balaban J connectivity index is 1.87. The molecule has 1 fully saturated rings. The molecule has 13 heavy (non-hydrogen) atoms. The van der Waals surface area contributed by atoms with Crippen LogP contribution in [0.4, 0.5) is 0 Å². The maximum absolute atomic E-state index is 9.68. The Labute approximate surface area is 76.1 Å². The Bertz CT molecular complexity index is 244. The summed E-state index contributed by atoms with van der Waals surface area (Å²) in [7, 11) is 0. The molecule has 2 heterocycles. The molecule has 0 bridgehead atoms. The zero-order valence-corrected chi connectivity index (χ0v) is 7.31. The predicted molar refractivity (Wildman–Crippen MR) is 44.9 cm³/mol. The number of hydrogen-bond acceptors (Lipinski definition) is 4. The zero-order valence-electron chi connectivity index (χ0n) is 7.31. The van der Waals surface area contributed by atoms with Crippen molar-refractivity contribution >= 4 is 0 Å². The topological polar surface area (TPSA) is 71.0 Å². The molecule has 0 aromatic carbocycles. The van der Waals surface area contributed by atoms with Crippen LogP contribution < -0.4 is 0 Å². The van der Waals surface area contributed by atoms with Crippen molar-refractivity contribution in [3.63, 3.8) is 0 Å². The normalized spacial score (nSPS) is 24.8. The molecule has 0 aliphatic carbocycles. The van der Waals surface area contributed by atoms with Crippen LogP contribution in [-0.4, -0.2) is 33.5 Å². The van der Waals surface area contributed by atoms with Crippen LogP contribution in [0.3, 0.4) is 0 Å². The lowest BCUT2D eigenvalue weighted by Gasteiger charge is -2.11. The molecule has 1 saturated heterocycles. The first-order valence-electron chi connectivity index (χ1n) is 4.47. The van der Waals surface area contributed by atoms with Crippen LogP contribution in [0.5, 0.6) is 0 Å². The van der Waals surface area contributed by atoms with Gasteiger partial charge in [0.15, 0.2) is 5.82 Å². The number of nitrogens with one attached hydrogen (secondary N) is 1. The van der Waals surface area contributed by atoms with Gasteiger partial charge in [0.2, 0.25) is 0 Å². The standard InChI is InChI=1S/C8H13N3O2/c12-7(8-9-5-10-11-8)3-6-1-2-13-4-6/h5-7,12H,1-4H2,(H,9,10,11). The number of H-pyrrole nitrogens is 1. The summed E-state index contributed by atoms with van der Waals surface area (Å²) in [5.74, 6) is 1.01. The second-order valence-electron chi connectivity index (χ2n) is 3.35. The first-order valence-corrected chi connectivity index (χ1v) is 4.47. The van der Waals surface area contributed by atoms with Gasteiger partial charge in [-0.15, -0.1) is 0 Å². The second-order valence-corrected chi connectivity index (χ2v) is 3.35. The molecule has 5 nitrogen and oxygen atoms in total. The Morgan fingerprint density at radius 1 is 1.77 bits per heavy atom. The summed E-state index contributed by atoms with van der Waals surface area (Å²) < 4.78 is 5.22. The number of aromatic nitrogens is 3. The van der Waals surface area contributed by atoms with E-state index in [0.29, 0.717) is 18.2 Å². The van der Waals surface area contributed by atoms with Gasteiger partial charge >= 0.3 is 0 Å². The third-order valence-corrected chi connectivity index (χ3v) is 2.33. The minimum atomic E-state index is -0.533. The van der Waals surface area contributed by atoms with Crippen molar-refractivity contribution in [2.24, 2.45) is 5.92 Å².